The lowest BCUT2D eigenvalue weighted by Gasteiger charge is -2.29. The molecule has 150 valence electrons. The molecule has 0 aliphatic carbocycles. The van der Waals surface area contributed by atoms with Gasteiger partial charge in [0.2, 0.25) is 5.91 Å². The average Bonchev–Trinajstić information content (AvgIpc) is 2.72. The van der Waals surface area contributed by atoms with Gasteiger partial charge in [-0.05, 0) is 36.6 Å². The van der Waals surface area contributed by atoms with E-state index in [0.29, 0.717) is 31.1 Å². The second kappa shape index (κ2) is 11.3. The Hall–Kier alpha value is -1.69. The molecule has 1 aliphatic heterocycles. The summed E-state index contributed by atoms with van der Waals surface area (Å²) < 4.78 is 5.63. The molecule has 6 heteroatoms. The van der Waals surface area contributed by atoms with Crippen LogP contribution in [0.1, 0.15) is 18.4 Å². The van der Waals surface area contributed by atoms with E-state index in [9.17, 15) is 4.79 Å². The maximum absolute atomic E-state index is 12.1. The number of carbonyl (C=O) groups excluding carboxylic acids is 1. The van der Waals surface area contributed by atoms with Crippen molar-refractivity contribution in [1.29, 1.82) is 0 Å². The minimum atomic E-state index is -0.00940. The second-order valence-corrected chi connectivity index (χ2v) is 8.40. The lowest BCUT2D eigenvalue weighted by atomic mass is 10.2. The van der Waals surface area contributed by atoms with Gasteiger partial charge in [0.25, 0.3) is 0 Å². The molecular formula is C22H27ClN2O2S. The number of nitrogens with one attached hydrogen (secondary N) is 1. The summed E-state index contributed by atoms with van der Waals surface area (Å²) in [6, 6.07) is 16.0. The normalized spacial score (nSPS) is 14.1. The van der Waals surface area contributed by atoms with Gasteiger partial charge in [0, 0.05) is 43.3 Å². The Labute approximate surface area is 176 Å². The van der Waals surface area contributed by atoms with Crippen LogP contribution in [-0.2, 0) is 16.0 Å². The molecule has 1 aliphatic rings. The predicted molar refractivity (Wildman–Crippen MR) is 120 cm³/mol. The number of hydrogen-bond acceptors (Lipinski definition) is 4. The van der Waals surface area contributed by atoms with Gasteiger partial charge in [-0.2, -0.15) is 11.8 Å². The van der Waals surface area contributed by atoms with E-state index in [4.69, 9.17) is 16.3 Å². The number of ether oxygens (including phenoxy) is 1. The highest BCUT2D eigenvalue weighted by Crippen LogP contribution is 2.30. The molecule has 0 radical (unpaired) electrons. The summed E-state index contributed by atoms with van der Waals surface area (Å²) in [4.78, 5) is 14.4. The van der Waals surface area contributed by atoms with Crippen molar-refractivity contribution in [3.63, 3.8) is 0 Å². The third-order valence-electron chi connectivity index (χ3n) is 4.65. The van der Waals surface area contributed by atoms with Crippen LogP contribution >= 0.6 is 23.4 Å². The third-order valence-corrected chi connectivity index (χ3v) is 5.90. The molecule has 2 aromatic rings. The summed E-state index contributed by atoms with van der Waals surface area (Å²) in [6.45, 7) is 3.30. The molecular weight excluding hydrogens is 392 g/mol. The Morgan fingerprint density at radius 2 is 1.89 bits per heavy atom. The van der Waals surface area contributed by atoms with Gasteiger partial charge in [-0.25, -0.2) is 0 Å². The van der Waals surface area contributed by atoms with Crippen LogP contribution in [0.3, 0.4) is 0 Å². The number of carbonyl (C=O) groups is 1. The molecule has 1 N–H and O–H groups in total. The Kier molecular flexibility index (Phi) is 8.52. The first-order valence-corrected chi connectivity index (χ1v) is 11.3. The highest BCUT2D eigenvalue weighted by atomic mass is 35.5. The third kappa shape index (κ3) is 6.73. The minimum absolute atomic E-state index is 0.00940. The maximum Gasteiger partial charge on any atom is 0.224 e. The number of anilines is 2. The lowest BCUT2D eigenvalue weighted by molar-refractivity contribution is -0.116. The molecule has 1 heterocycles. The van der Waals surface area contributed by atoms with E-state index in [1.165, 1.54) is 5.56 Å². The Bertz CT molecular complexity index is 751. The van der Waals surface area contributed by atoms with Crippen LogP contribution in [0.2, 0.25) is 5.02 Å². The monoisotopic (exact) mass is 418 g/mol. The molecule has 4 nitrogen and oxygen atoms in total. The molecule has 0 saturated carbocycles. The van der Waals surface area contributed by atoms with E-state index in [2.05, 4.69) is 22.3 Å². The standard InChI is InChI=1S/C22H27ClN2O2S/c23-20-17-19(8-9-21(20)25-11-15-28-16-12-25)24-22(26)7-4-13-27-14-10-18-5-2-1-3-6-18/h1-3,5-6,8-9,17H,4,7,10-16H2,(H,24,26). The predicted octanol–water partition coefficient (Wildman–Crippen LogP) is 4.87. The Balaban J connectivity index is 1.34. The van der Waals surface area contributed by atoms with Crippen LogP contribution in [0, 0.1) is 0 Å². The fraction of sp³-hybridized carbons (Fsp3) is 0.409. The SMILES string of the molecule is O=C(CCCOCCc1ccccc1)Nc1ccc(N2CCSCC2)c(Cl)c1. The van der Waals surface area contributed by atoms with E-state index in [0.717, 1.165) is 42.4 Å². The van der Waals surface area contributed by atoms with Crippen molar-refractivity contribution in [1.82, 2.24) is 0 Å². The maximum atomic E-state index is 12.1. The summed E-state index contributed by atoms with van der Waals surface area (Å²) >= 11 is 8.41. The van der Waals surface area contributed by atoms with Crippen molar-refractivity contribution in [2.75, 3.05) is 48.0 Å². The van der Waals surface area contributed by atoms with Crippen LogP contribution in [-0.4, -0.2) is 43.7 Å². The molecule has 0 spiro atoms. The molecule has 1 fully saturated rings. The molecule has 0 unspecified atom stereocenters. The molecule has 1 saturated heterocycles. The Morgan fingerprint density at radius 1 is 1.11 bits per heavy atom. The van der Waals surface area contributed by atoms with Crippen molar-refractivity contribution in [2.45, 2.75) is 19.3 Å². The second-order valence-electron chi connectivity index (χ2n) is 6.77. The van der Waals surface area contributed by atoms with Gasteiger partial charge in [0.1, 0.15) is 0 Å². The number of rotatable bonds is 9. The fourth-order valence-electron chi connectivity index (χ4n) is 3.14. The van der Waals surface area contributed by atoms with Crippen molar-refractivity contribution < 1.29 is 9.53 Å². The van der Waals surface area contributed by atoms with Gasteiger partial charge in [-0.1, -0.05) is 41.9 Å². The van der Waals surface area contributed by atoms with Crippen molar-refractivity contribution >= 4 is 40.6 Å². The van der Waals surface area contributed by atoms with Crippen LogP contribution in [0.4, 0.5) is 11.4 Å². The summed E-state index contributed by atoms with van der Waals surface area (Å²) in [5.41, 5.74) is 3.06. The first kappa shape index (κ1) is 21.0. The average molecular weight is 419 g/mol. The first-order valence-electron chi connectivity index (χ1n) is 9.76. The van der Waals surface area contributed by atoms with E-state index < -0.39 is 0 Å². The molecule has 0 aromatic heterocycles. The summed E-state index contributed by atoms with van der Waals surface area (Å²) in [5.74, 6) is 2.25. The van der Waals surface area contributed by atoms with Crippen LogP contribution < -0.4 is 10.2 Å². The zero-order chi connectivity index (χ0) is 19.6. The van der Waals surface area contributed by atoms with Crippen molar-refractivity contribution in [3.05, 3.63) is 59.1 Å². The van der Waals surface area contributed by atoms with E-state index in [-0.39, 0.29) is 5.91 Å². The van der Waals surface area contributed by atoms with Gasteiger partial charge < -0.3 is 15.0 Å². The number of hydrogen-bond donors (Lipinski definition) is 1. The molecule has 0 atom stereocenters. The van der Waals surface area contributed by atoms with E-state index in [1.807, 2.05) is 48.2 Å². The fourth-order valence-corrected chi connectivity index (χ4v) is 4.34. The number of thioether (sulfide) groups is 1. The lowest BCUT2D eigenvalue weighted by Crippen LogP contribution is -2.32. The van der Waals surface area contributed by atoms with Crippen molar-refractivity contribution in [2.24, 2.45) is 0 Å². The molecule has 3 rings (SSSR count). The smallest absolute Gasteiger partial charge is 0.224 e. The largest absolute Gasteiger partial charge is 0.381 e. The van der Waals surface area contributed by atoms with Crippen LogP contribution in [0.15, 0.2) is 48.5 Å². The first-order chi connectivity index (χ1) is 13.7. The van der Waals surface area contributed by atoms with Gasteiger partial charge in [-0.15, -0.1) is 0 Å². The highest BCUT2D eigenvalue weighted by Gasteiger charge is 2.14. The van der Waals surface area contributed by atoms with E-state index in [1.54, 1.807) is 0 Å². The molecule has 1 amide bonds. The van der Waals surface area contributed by atoms with Crippen LogP contribution in [0.25, 0.3) is 0 Å². The Morgan fingerprint density at radius 3 is 2.64 bits per heavy atom. The zero-order valence-electron chi connectivity index (χ0n) is 16.0. The minimum Gasteiger partial charge on any atom is -0.381 e. The highest BCUT2D eigenvalue weighted by molar-refractivity contribution is 7.99. The zero-order valence-corrected chi connectivity index (χ0v) is 17.6. The number of amides is 1. The van der Waals surface area contributed by atoms with Gasteiger partial charge in [0.05, 0.1) is 17.3 Å². The molecule has 0 bridgehead atoms. The number of halogens is 1. The molecule has 28 heavy (non-hydrogen) atoms. The summed E-state index contributed by atoms with van der Waals surface area (Å²) in [5, 5.41) is 3.62. The van der Waals surface area contributed by atoms with Gasteiger partial charge in [-0.3, -0.25) is 4.79 Å². The topological polar surface area (TPSA) is 41.6 Å². The van der Waals surface area contributed by atoms with Gasteiger partial charge in [0.15, 0.2) is 0 Å². The van der Waals surface area contributed by atoms with E-state index >= 15 is 0 Å². The number of benzene rings is 2. The number of nitrogens with zero attached hydrogens (tertiary/aromatic N) is 1. The summed E-state index contributed by atoms with van der Waals surface area (Å²) in [7, 11) is 0. The van der Waals surface area contributed by atoms with Crippen LogP contribution in [0.5, 0.6) is 0 Å². The summed E-state index contributed by atoms with van der Waals surface area (Å²) in [6.07, 6.45) is 2.04. The molecule has 2 aromatic carbocycles. The van der Waals surface area contributed by atoms with Crippen molar-refractivity contribution in [3.8, 4) is 0 Å². The quantitative estimate of drug-likeness (QED) is 0.590. The van der Waals surface area contributed by atoms with Gasteiger partial charge >= 0.3 is 0 Å².